The largest absolute Gasteiger partial charge is 0.411 e. The lowest BCUT2D eigenvalue weighted by Gasteiger charge is -2.03. The first-order chi connectivity index (χ1) is 8.15. The molecular weight excluding hydrogens is 242 g/mol. The number of hydrogen-bond donors (Lipinski definition) is 1. The smallest absolute Gasteiger partial charge is 0.391 e. The molecule has 2 aromatic rings. The van der Waals surface area contributed by atoms with E-state index in [1.54, 1.807) is 18.2 Å². The lowest BCUT2D eigenvalue weighted by atomic mass is 10.1. The minimum Gasteiger partial charge on any atom is -0.391 e. The summed E-state index contributed by atoms with van der Waals surface area (Å²) in [7, 11) is 0. The molecule has 0 saturated carbocycles. The summed E-state index contributed by atoms with van der Waals surface area (Å²) in [5.74, 6) is 0.0995. The van der Waals surface area contributed by atoms with Crippen molar-refractivity contribution in [3.05, 3.63) is 41.7 Å². The Bertz CT molecular complexity index is 560. The maximum Gasteiger partial charge on any atom is 0.411 e. The zero-order chi connectivity index (χ0) is 12.3. The standard InChI is InChI=1S/C11H8ClN3O2/c12-8-3-1-2-7(4-8)9-5-10(15-6-14-9)17-11(13)16/h1-6H,(H2,13,16). The van der Waals surface area contributed by atoms with Crippen LogP contribution in [-0.4, -0.2) is 16.1 Å². The Labute approximate surface area is 102 Å². The molecule has 2 rings (SSSR count). The average molecular weight is 250 g/mol. The molecular formula is C11H8ClN3O2. The van der Waals surface area contributed by atoms with E-state index in [2.05, 4.69) is 14.7 Å². The third-order valence-electron chi connectivity index (χ3n) is 1.97. The molecule has 6 heteroatoms. The number of aromatic nitrogens is 2. The number of amides is 1. The summed E-state index contributed by atoms with van der Waals surface area (Å²) in [4.78, 5) is 18.4. The molecule has 0 aliphatic heterocycles. The van der Waals surface area contributed by atoms with Gasteiger partial charge < -0.3 is 10.5 Å². The molecule has 1 aromatic carbocycles. The van der Waals surface area contributed by atoms with Crippen LogP contribution in [-0.2, 0) is 0 Å². The van der Waals surface area contributed by atoms with Crippen molar-refractivity contribution in [2.45, 2.75) is 0 Å². The number of nitrogens with two attached hydrogens (primary N) is 1. The molecule has 0 unspecified atom stereocenters. The van der Waals surface area contributed by atoms with Gasteiger partial charge in [-0.25, -0.2) is 14.8 Å². The third-order valence-corrected chi connectivity index (χ3v) is 2.20. The van der Waals surface area contributed by atoms with E-state index in [-0.39, 0.29) is 5.88 Å². The van der Waals surface area contributed by atoms with Gasteiger partial charge in [-0.15, -0.1) is 0 Å². The number of rotatable bonds is 2. The molecule has 0 aliphatic carbocycles. The molecule has 0 fully saturated rings. The van der Waals surface area contributed by atoms with E-state index in [4.69, 9.17) is 17.3 Å². The number of hydrogen-bond acceptors (Lipinski definition) is 4. The van der Waals surface area contributed by atoms with Gasteiger partial charge in [0, 0.05) is 16.7 Å². The van der Waals surface area contributed by atoms with E-state index in [1.807, 2.05) is 6.07 Å². The molecule has 0 radical (unpaired) electrons. The number of nitrogens with zero attached hydrogens (tertiary/aromatic N) is 2. The quantitative estimate of drug-likeness (QED) is 0.885. The summed E-state index contributed by atoms with van der Waals surface area (Å²) in [6.07, 6.45) is 0.370. The van der Waals surface area contributed by atoms with Gasteiger partial charge in [0.05, 0.1) is 5.69 Å². The van der Waals surface area contributed by atoms with Crippen LogP contribution in [0.15, 0.2) is 36.7 Å². The van der Waals surface area contributed by atoms with Gasteiger partial charge in [-0.1, -0.05) is 23.7 Å². The maximum atomic E-state index is 10.6. The first-order valence-electron chi connectivity index (χ1n) is 4.70. The van der Waals surface area contributed by atoms with E-state index in [0.717, 1.165) is 5.56 Å². The minimum absolute atomic E-state index is 0.0995. The van der Waals surface area contributed by atoms with Crippen molar-refractivity contribution in [3.63, 3.8) is 0 Å². The van der Waals surface area contributed by atoms with Crippen LogP contribution in [0.3, 0.4) is 0 Å². The Morgan fingerprint density at radius 3 is 2.82 bits per heavy atom. The highest BCUT2D eigenvalue weighted by Gasteiger charge is 2.05. The number of halogens is 1. The molecule has 1 amide bonds. The molecule has 0 saturated heterocycles. The highest BCUT2D eigenvalue weighted by molar-refractivity contribution is 6.30. The molecule has 17 heavy (non-hydrogen) atoms. The zero-order valence-electron chi connectivity index (χ0n) is 8.63. The maximum absolute atomic E-state index is 10.6. The van der Waals surface area contributed by atoms with Gasteiger partial charge in [0.15, 0.2) is 0 Å². The van der Waals surface area contributed by atoms with E-state index < -0.39 is 6.09 Å². The number of carbonyl (C=O) groups excluding carboxylic acids is 1. The summed E-state index contributed by atoms with van der Waals surface area (Å²) in [6.45, 7) is 0. The molecule has 1 heterocycles. The van der Waals surface area contributed by atoms with Crippen molar-refractivity contribution in [1.82, 2.24) is 9.97 Å². The zero-order valence-corrected chi connectivity index (χ0v) is 9.39. The van der Waals surface area contributed by atoms with E-state index in [9.17, 15) is 4.79 Å². The fraction of sp³-hybridized carbons (Fsp3) is 0. The van der Waals surface area contributed by atoms with Gasteiger partial charge >= 0.3 is 6.09 Å². The van der Waals surface area contributed by atoms with Gasteiger partial charge in [-0.2, -0.15) is 0 Å². The summed E-state index contributed by atoms with van der Waals surface area (Å²) >= 11 is 5.87. The van der Waals surface area contributed by atoms with Crippen molar-refractivity contribution in [3.8, 4) is 17.1 Å². The van der Waals surface area contributed by atoms with E-state index in [0.29, 0.717) is 10.7 Å². The van der Waals surface area contributed by atoms with E-state index >= 15 is 0 Å². The van der Waals surface area contributed by atoms with Gasteiger partial charge in [0.25, 0.3) is 0 Å². The van der Waals surface area contributed by atoms with Crippen molar-refractivity contribution in [2.75, 3.05) is 0 Å². The SMILES string of the molecule is NC(=O)Oc1cc(-c2cccc(Cl)c2)ncn1. The number of ether oxygens (including phenoxy) is 1. The lowest BCUT2D eigenvalue weighted by molar-refractivity contribution is 0.209. The van der Waals surface area contributed by atoms with Crippen molar-refractivity contribution in [1.29, 1.82) is 0 Å². The van der Waals surface area contributed by atoms with Crippen LogP contribution >= 0.6 is 11.6 Å². The topological polar surface area (TPSA) is 78.1 Å². The summed E-state index contributed by atoms with van der Waals surface area (Å²) < 4.78 is 4.66. The van der Waals surface area contributed by atoms with E-state index in [1.165, 1.54) is 12.4 Å². The van der Waals surface area contributed by atoms with Crippen molar-refractivity contribution >= 4 is 17.7 Å². The second kappa shape index (κ2) is 4.80. The van der Waals surface area contributed by atoms with Crippen LogP contribution in [0.5, 0.6) is 5.88 Å². The van der Waals surface area contributed by atoms with Crippen molar-refractivity contribution < 1.29 is 9.53 Å². The molecule has 0 spiro atoms. The van der Waals surface area contributed by atoms with Crippen LogP contribution < -0.4 is 10.5 Å². The first kappa shape index (κ1) is 11.3. The second-order valence-electron chi connectivity index (χ2n) is 3.17. The molecule has 0 atom stereocenters. The van der Waals surface area contributed by atoms with Gasteiger partial charge in [0.2, 0.25) is 5.88 Å². The number of benzene rings is 1. The van der Waals surface area contributed by atoms with Crippen LogP contribution in [0, 0.1) is 0 Å². The fourth-order valence-electron chi connectivity index (χ4n) is 1.30. The number of primary amides is 1. The molecule has 5 nitrogen and oxygen atoms in total. The third kappa shape index (κ3) is 2.92. The predicted molar refractivity (Wildman–Crippen MR) is 62.7 cm³/mol. The van der Waals surface area contributed by atoms with Crippen LogP contribution in [0.25, 0.3) is 11.3 Å². The summed E-state index contributed by atoms with van der Waals surface area (Å²) in [6, 6.07) is 8.65. The Balaban J connectivity index is 2.36. The monoisotopic (exact) mass is 249 g/mol. The van der Waals surface area contributed by atoms with Gasteiger partial charge in [0.1, 0.15) is 6.33 Å². The summed E-state index contributed by atoms with van der Waals surface area (Å²) in [5, 5.41) is 0.596. The normalized spacial score (nSPS) is 9.94. The molecule has 86 valence electrons. The van der Waals surface area contributed by atoms with Crippen LogP contribution in [0.1, 0.15) is 0 Å². The highest BCUT2D eigenvalue weighted by atomic mass is 35.5. The van der Waals surface area contributed by atoms with Crippen LogP contribution in [0.4, 0.5) is 4.79 Å². The Morgan fingerprint density at radius 1 is 1.29 bits per heavy atom. The second-order valence-corrected chi connectivity index (χ2v) is 3.61. The molecule has 1 aromatic heterocycles. The molecule has 0 aliphatic rings. The summed E-state index contributed by atoms with van der Waals surface area (Å²) in [5.41, 5.74) is 6.29. The van der Waals surface area contributed by atoms with Gasteiger partial charge in [-0.3, -0.25) is 0 Å². The Hall–Kier alpha value is -2.14. The molecule has 2 N–H and O–H groups in total. The van der Waals surface area contributed by atoms with Crippen LogP contribution in [0.2, 0.25) is 5.02 Å². The fourth-order valence-corrected chi connectivity index (χ4v) is 1.49. The average Bonchev–Trinajstić information content (AvgIpc) is 2.28. The Morgan fingerprint density at radius 2 is 2.12 bits per heavy atom. The Kier molecular flexibility index (Phi) is 3.20. The minimum atomic E-state index is -0.916. The number of carbonyl (C=O) groups is 1. The highest BCUT2D eigenvalue weighted by Crippen LogP contribution is 2.22. The lowest BCUT2D eigenvalue weighted by Crippen LogP contribution is -2.17. The van der Waals surface area contributed by atoms with Gasteiger partial charge in [-0.05, 0) is 12.1 Å². The molecule has 0 bridgehead atoms. The van der Waals surface area contributed by atoms with Crippen molar-refractivity contribution in [2.24, 2.45) is 5.73 Å². The predicted octanol–water partition coefficient (Wildman–Crippen LogP) is 2.25. The first-order valence-corrected chi connectivity index (χ1v) is 5.08.